The quantitative estimate of drug-likeness (QED) is 0.736. The molecule has 0 radical (unpaired) electrons. The summed E-state index contributed by atoms with van der Waals surface area (Å²) in [6, 6.07) is 0. The average molecular weight is 300 g/mol. The van der Waals surface area contributed by atoms with Gasteiger partial charge < -0.3 is 5.11 Å². The molecule has 7 atom stereocenters. The van der Waals surface area contributed by atoms with Crippen LogP contribution in [0.15, 0.2) is 23.8 Å². The first-order valence-corrected chi connectivity index (χ1v) is 8.98. The normalized spacial score (nSPS) is 53.5. The second kappa shape index (κ2) is 4.56. The van der Waals surface area contributed by atoms with Gasteiger partial charge in [0.1, 0.15) is 0 Å². The van der Waals surface area contributed by atoms with E-state index in [2.05, 4.69) is 32.9 Å². The molecule has 0 heterocycles. The number of aliphatic hydroxyl groups excluding tert-OH is 1. The van der Waals surface area contributed by atoms with Crippen molar-refractivity contribution in [1.29, 1.82) is 0 Å². The van der Waals surface area contributed by atoms with E-state index in [4.69, 9.17) is 0 Å². The van der Waals surface area contributed by atoms with Crippen molar-refractivity contribution in [2.75, 3.05) is 0 Å². The predicted octanol–water partition coefficient (Wildman–Crippen LogP) is 3.90. The summed E-state index contributed by atoms with van der Waals surface area (Å²) in [5.74, 6) is 2.54. The minimum absolute atomic E-state index is 0.108. The molecule has 0 unspecified atom stereocenters. The number of carbonyl (C=O) groups is 1. The Labute approximate surface area is 133 Å². The molecule has 120 valence electrons. The van der Waals surface area contributed by atoms with Crippen LogP contribution in [0.5, 0.6) is 0 Å². The van der Waals surface area contributed by atoms with Gasteiger partial charge in [-0.05, 0) is 71.8 Å². The Bertz CT molecular complexity index is 574. The maximum atomic E-state index is 12.0. The second-order valence-electron chi connectivity index (χ2n) is 8.74. The first-order valence-electron chi connectivity index (χ1n) is 8.98. The maximum absolute atomic E-state index is 12.0. The highest BCUT2D eigenvalue weighted by Crippen LogP contribution is 2.64. The fourth-order valence-electron chi connectivity index (χ4n) is 6.34. The van der Waals surface area contributed by atoms with Crippen molar-refractivity contribution < 1.29 is 9.90 Å². The molecule has 4 aliphatic carbocycles. The van der Waals surface area contributed by atoms with Gasteiger partial charge >= 0.3 is 0 Å². The van der Waals surface area contributed by atoms with Crippen LogP contribution < -0.4 is 0 Å². The van der Waals surface area contributed by atoms with Gasteiger partial charge in [0.25, 0.3) is 0 Å². The van der Waals surface area contributed by atoms with Crippen molar-refractivity contribution >= 4 is 5.78 Å². The van der Waals surface area contributed by atoms with Gasteiger partial charge in [0.05, 0.1) is 6.10 Å². The van der Waals surface area contributed by atoms with E-state index in [1.165, 1.54) is 12.0 Å². The molecule has 4 rings (SSSR count). The molecule has 0 aromatic heterocycles. The maximum Gasteiger partial charge on any atom is 0.156 e. The van der Waals surface area contributed by atoms with Crippen LogP contribution in [-0.4, -0.2) is 17.0 Å². The Morgan fingerprint density at radius 1 is 1.18 bits per heavy atom. The first kappa shape index (κ1) is 14.7. The zero-order valence-electron chi connectivity index (χ0n) is 14.0. The van der Waals surface area contributed by atoms with Crippen LogP contribution in [0.4, 0.5) is 0 Å². The summed E-state index contributed by atoms with van der Waals surface area (Å²) in [6.07, 6.45) is 11.5. The minimum atomic E-state index is -0.123. The van der Waals surface area contributed by atoms with Crippen LogP contribution in [0.1, 0.15) is 52.9 Å². The second-order valence-corrected chi connectivity index (χ2v) is 8.74. The summed E-state index contributed by atoms with van der Waals surface area (Å²) in [7, 11) is 0. The zero-order chi connectivity index (χ0) is 15.7. The van der Waals surface area contributed by atoms with Gasteiger partial charge in [-0.3, -0.25) is 4.79 Å². The molecule has 0 bridgehead atoms. The van der Waals surface area contributed by atoms with E-state index in [1.54, 1.807) is 0 Å². The third kappa shape index (κ3) is 1.68. The van der Waals surface area contributed by atoms with Crippen molar-refractivity contribution in [1.82, 2.24) is 0 Å². The Kier molecular flexibility index (Phi) is 3.05. The van der Waals surface area contributed by atoms with Crippen LogP contribution in [0.2, 0.25) is 0 Å². The highest BCUT2D eigenvalue weighted by molar-refractivity contribution is 5.92. The van der Waals surface area contributed by atoms with Gasteiger partial charge in [0.15, 0.2) is 5.78 Å². The third-order valence-corrected chi connectivity index (χ3v) is 8.02. The lowest BCUT2D eigenvalue weighted by Gasteiger charge is -2.57. The standard InChI is InChI=1S/C20H28O2/c1-12-10-14(21)11-13-4-5-15-16-6-7-18(22)19(16,2)9-8-17(15)20(12,13)3/h4-5,11-12,15-18,22H,6-10H2,1-3H3/t12-,15-,16-,17-,18-,19-,20-/m0/s1. The van der Waals surface area contributed by atoms with Gasteiger partial charge in [-0.15, -0.1) is 0 Å². The summed E-state index contributed by atoms with van der Waals surface area (Å²) in [5, 5.41) is 10.5. The van der Waals surface area contributed by atoms with Gasteiger partial charge in [0.2, 0.25) is 0 Å². The molecule has 0 aliphatic heterocycles. The van der Waals surface area contributed by atoms with Gasteiger partial charge in [-0.2, -0.15) is 0 Å². The van der Waals surface area contributed by atoms with Crippen LogP contribution >= 0.6 is 0 Å². The van der Waals surface area contributed by atoms with E-state index in [-0.39, 0.29) is 16.9 Å². The number of rotatable bonds is 0. The molecule has 2 nitrogen and oxygen atoms in total. The highest BCUT2D eigenvalue weighted by Gasteiger charge is 2.58. The van der Waals surface area contributed by atoms with Crippen LogP contribution in [0.25, 0.3) is 0 Å². The molecule has 0 spiro atoms. The molecule has 0 saturated heterocycles. The first-order chi connectivity index (χ1) is 10.4. The van der Waals surface area contributed by atoms with Crippen LogP contribution in [0, 0.1) is 34.5 Å². The fourth-order valence-corrected chi connectivity index (χ4v) is 6.34. The molecular formula is C20H28O2. The molecule has 2 saturated carbocycles. The molecule has 1 N–H and O–H groups in total. The summed E-state index contributed by atoms with van der Waals surface area (Å²) < 4.78 is 0. The third-order valence-electron chi connectivity index (χ3n) is 8.02. The van der Waals surface area contributed by atoms with E-state index in [0.717, 1.165) is 19.3 Å². The average Bonchev–Trinajstić information content (AvgIpc) is 2.77. The number of fused-ring (bicyclic) bond motifs is 5. The number of ketones is 1. The van der Waals surface area contributed by atoms with E-state index < -0.39 is 0 Å². The number of aliphatic hydroxyl groups is 1. The molecule has 0 aromatic rings. The van der Waals surface area contributed by atoms with E-state index in [9.17, 15) is 9.90 Å². The smallest absolute Gasteiger partial charge is 0.156 e. The monoisotopic (exact) mass is 300 g/mol. The van der Waals surface area contributed by atoms with E-state index >= 15 is 0 Å². The number of hydrogen-bond donors (Lipinski definition) is 1. The SMILES string of the molecule is C[C@H]1CC(=O)C=C2C=C[C@H]3[C@@H]4CC[C@H](O)[C@@]4(C)CC[C@@H]3[C@]21C. The Morgan fingerprint density at radius 2 is 1.95 bits per heavy atom. The molecule has 4 aliphatic rings. The minimum Gasteiger partial charge on any atom is -0.393 e. The molecule has 2 fully saturated rings. The summed E-state index contributed by atoms with van der Waals surface area (Å²) in [5.41, 5.74) is 1.51. The Hall–Kier alpha value is -0.890. The highest BCUT2D eigenvalue weighted by atomic mass is 16.3. The molecule has 0 amide bonds. The lowest BCUT2D eigenvalue weighted by Crippen LogP contribution is -2.52. The largest absolute Gasteiger partial charge is 0.393 e. The van der Waals surface area contributed by atoms with Crippen molar-refractivity contribution in [3.05, 3.63) is 23.8 Å². The molecule has 0 aromatic carbocycles. The Balaban J connectivity index is 1.78. The summed E-state index contributed by atoms with van der Waals surface area (Å²) >= 11 is 0. The Morgan fingerprint density at radius 3 is 2.73 bits per heavy atom. The summed E-state index contributed by atoms with van der Waals surface area (Å²) in [6.45, 7) is 6.96. The topological polar surface area (TPSA) is 37.3 Å². The zero-order valence-corrected chi connectivity index (χ0v) is 14.0. The van der Waals surface area contributed by atoms with Gasteiger partial charge in [-0.1, -0.05) is 32.9 Å². The fraction of sp³-hybridized carbons (Fsp3) is 0.750. The molecule has 2 heteroatoms. The van der Waals surface area contributed by atoms with Gasteiger partial charge in [0, 0.05) is 6.42 Å². The number of allylic oxidation sites excluding steroid dienone is 4. The lowest BCUT2D eigenvalue weighted by molar-refractivity contribution is -0.118. The molecule has 22 heavy (non-hydrogen) atoms. The van der Waals surface area contributed by atoms with Crippen molar-refractivity contribution in [2.45, 2.75) is 59.0 Å². The van der Waals surface area contributed by atoms with Crippen LogP contribution in [0.3, 0.4) is 0 Å². The van der Waals surface area contributed by atoms with Crippen molar-refractivity contribution in [3.8, 4) is 0 Å². The van der Waals surface area contributed by atoms with E-state index in [0.29, 0.717) is 35.9 Å². The van der Waals surface area contributed by atoms with E-state index in [1.807, 2.05) is 6.08 Å². The summed E-state index contributed by atoms with van der Waals surface area (Å²) in [4.78, 5) is 12.0. The number of carbonyl (C=O) groups excluding carboxylic acids is 1. The lowest BCUT2D eigenvalue weighted by atomic mass is 9.47. The van der Waals surface area contributed by atoms with Crippen LogP contribution in [-0.2, 0) is 4.79 Å². The van der Waals surface area contributed by atoms with Gasteiger partial charge in [-0.25, -0.2) is 0 Å². The van der Waals surface area contributed by atoms with Crippen molar-refractivity contribution in [2.24, 2.45) is 34.5 Å². The molecular weight excluding hydrogens is 272 g/mol. The van der Waals surface area contributed by atoms with Crippen molar-refractivity contribution in [3.63, 3.8) is 0 Å². The number of hydrogen-bond acceptors (Lipinski definition) is 2. The predicted molar refractivity (Wildman–Crippen MR) is 87.2 cm³/mol.